The molecule has 1 saturated carbocycles. The zero-order valence-corrected chi connectivity index (χ0v) is 11.4. The number of hydrogen-bond acceptors (Lipinski definition) is 1. The molecule has 1 aromatic carbocycles. The zero-order valence-electron chi connectivity index (χ0n) is 11.4. The van der Waals surface area contributed by atoms with Crippen LogP contribution in [0.2, 0.25) is 0 Å². The molecule has 0 bridgehead atoms. The van der Waals surface area contributed by atoms with Gasteiger partial charge in [0.1, 0.15) is 0 Å². The zero-order chi connectivity index (χ0) is 12.6. The first kappa shape index (κ1) is 13.4. The highest BCUT2D eigenvalue weighted by atomic mass is 14.9. The highest BCUT2D eigenvalue weighted by Crippen LogP contribution is 2.26. The van der Waals surface area contributed by atoms with Crippen LogP contribution < -0.4 is 5.32 Å². The lowest BCUT2D eigenvalue weighted by molar-refractivity contribution is 0.287. The van der Waals surface area contributed by atoms with E-state index in [1.165, 1.54) is 37.7 Å². The normalized spacial score (nSPS) is 19.2. The Morgan fingerprint density at radius 3 is 2.61 bits per heavy atom. The van der Waals surface area contributed by atoms with E-state index in [4.69, 9.17) is 0 Å². The van der Waals surface area contributed by atoms with Gasteiger partial charge < -0.3 is 5.32 Å². The fourth-order valence-corrected chi connectivity index (χ4v) is 2.81. The maximum Gasteiger partial charge on any atom is 0.0140 e. The first-order chi connectivity index (χ1) is 8.86. The molecule has 1 atom stereocenters. The quantitative estimate of drug-likeness (QED) is 0.815. The molecule has 18 heavy (non-hydrogen) atoms. The number of rotatable bonds is 5. The second-order valence-electron chi connectivity index (χ2n) is 5.41. The van der Waals surface area contributed by atoms with Gasteiger partial charge in [-0.05, 0) is 31.2 Å². The summed E-state index contributed by atoms with van der Waals surface area (Å²) in [6.45, 7) is 3.32. The van der Waals surface area contributed by atoms with Gasteiger partial charge in [0.2, 0.25) is 0 Å². The summed E-state index contributed by atoms with van der Waals surface area (Å²) in [5, 5.41) is 3.64. The van der Waals surface area contributed by atoms with Gasteiger partial charge in [0.05, 0.1) is 0 Å². The van der Waals surface area contributed by atoms with Gasteiger partial charge in [0.25, 0.3) is 0 Å². The highest BCUT2D eigenvalue weighted by molar-refractivity contribution is 5.48. The molecule has 1 fully saturated rings. The Morgan fingerprint density at radius 1 is 1.17 bits per heavy atom. The third-order valence-corrected chi connectivity index (χ3v) is 4.02. The first-order valence-corrected chi connectivity index (χ1v) is 7.31. The largest absolute Gasteiger partial charge is 0.311 e. The van der Waals surface area contributed by atoms with Crippen molar-refractivity contribution in [2.24, 2.45) is 5.92 Å². The second kappa shape index (κ2) is 7.38. The van der Waals surface area contributed by atoms with Crippen molar-refractivity contribution in [3.05, 3.63) is 42.0 Å². The molecule has 0 aromatic heterocycles. The van der Waals surface area contributed by atoms with Crippen molar-refractivity contribution >= 4 is 6.08 Å². The Kier molecular flexibility index (Phi) is 5.47. The molecule has 0 aliphatic heterocycles. The number of benzene rings is 1. The summed E-state index contributed by atoms with van der Waals surface area (Å²) in [6.07, 6.45) is 11.5. The van der Waals surface area contributed by atoms with E-state index in [1.54, 1.807) is 0 Å². The lowest BCUT2D eigenvalue weighted by Crippen LogP contribution is -2.34. The van der Waals surface area contributed by atoms with Crippen molar-refractivity contribution in [1.82, 2.24) is 5.32 Å². The molecular weight excluding hydrogens is 218 g/mol. The van der Waals surface area contributed by atoms with E-state index in [2.05, 4.69) is 54.7 Å². The third-order valence-electron chi connectivity index (χ3n) is 4.02. The van der Waals surface area contributed by atoms with Crippen molar-refractivity contribution < 1.29 is 0 Å². The molecule has 0 amide bonds. The standard InChI is InChI=1S/C17H25N/c1-15(17-12-6-3-7-13-17)18-14-8-11-16-9-4-2-5-10-16/h2,4-5,8-11,15,17-18H,3,6-7,12-14H2,1H3/b11-8+/t15-/m1/s1. The Labute approximate surface area is 111 Å². The molecule has 1 heteroatoms. The Morgan fingerprint density at radius 2 is 1.89 bits per heavy atom. The Bertz CT molecular complexity index is 349. The van der Waals surface area contributed by atoms with Crippen molar-refractivity contribution in [3.8, 4) is 0 Å². The molecule has 0 radical (unpaired) electrons. The van der Waals surface area contributed by atoms with Crippen LogP contribution in [0.15, 0.2) is 36.4 Å². The van der Waals surface area contributed by atoms with Gasteiger partial charge in [-0.1, -0.05) is 61.7 Å². The molecule has 1 nitrogen and oxygen atoms in total. The Balaban J connectivity index is 1.69. The van der Waals surface area contributed by atoms with Gasteiger partial charge in [-0.25, -0.2) is 0 Å². The molecule has 0 spiro atoms. The summed E-state index contributed by atoms with van der Waals surface area (Å²) in [7, 11) is 0. The van der Waals surface area contributed by atoms with E-state index in [1.807, 2.05) is 0 Å². The predicted octanol–water partition coefficient (Wildman–Crippen LogP) is 4.26. The number of hydrogen-bond donors (Lipinski definition) is 1. The van der Waals surface area contributed by atoms with E-state index >= 15 is 0 Å². The van der Waals surface area contributed by atoms with Crippen LogP contribution in [0.3, 0.4) is 0 Å². The van der Waals surface area contributed by atoms with E-state index < -0.39 is 0 Å². The minimum absolute atomic E-state index is 0.658. The van der Waals surface area contributed by atoms with Crippen molar-refractivity contribution in [3.63, 3.8) is 0 Å². The topological polar surface area (TPSA) is 12.0 Å². The van der Waals surface area contributed by atoms with Crippen LogP contribution in [0.25, 0.3) is 6.08 Å². The lowest BCUT2D eigenvalue weighted by atomic mass is 9.84. The van der Waals surface area contributed by atoms with Crippen LogP contribution in [-0.2, 0) is 0 Å². The molecule has 0 unspecified atom stereocenters. The van der Waals surface area contributed by atoms with E-state index in [0.29, 0.717) is 6.04 Å². The van der Waals surface area contributed by atoms with Crippen LogP contribution in [0.5, 0.6) is 0 Å². The van der Waals surface area contributed by atoms with E-state index in [-0.39, 0.29) is 0 Å². The first-order valence-electron chi connectivity index (χ1n) is 7.31. The predicted molar refractivity (Wildman–Crippen MR) is 79.5 cm³/mol. The maximum absolute atomic E-state index is 3.64. The van der Waals surface area contributed by atoms with Gasteiger partial charge >= 0.3 is 0 Å². The van der Waals surface area contributed by atoms with Crippen molar-refractivity contribution in [2.45, 2.75) is 45.1 Å². The monoisotopic (exact) mass is 243 g/mol. The maximum atomic E-state index is 3.64. The minimum Gasteiger partial charge on any atom is -0.311 e. The summed E-state index contributed by atoms with van der Waals surface area (Å²) in [5.41, 5.74) is 1.28. The van der Waals surface area contributed by atoms with Gasteiger partial charge in [-0.15, -0.1) is 0 Å². The van der Waals surface area contributed by atoms with E-state index in [0.717, 1.165) is 12.5 Å². The molecule has 1 aromatic rings. The minimum atomic E-state index is 0.658. The molecular formula is C17H25N. The van der Waals surface area contributed by atoms with Gasteiger partial charge in [0.15, 0.2) is 0 Å². The van der Waals surface area contributed by atoms with Gasteiger partial charge in [-0.2, -0.15) is 0 Å². The van der Waals surface area contributed by atoms with Crippen LogP contribution in [0.1, 0.15) is 44.6 Å². The summed E-state index contributed by atoms with van der Waals surface area (Å²) in [6, 6.07) is 11.2. The average molecular weight is 243 g/mol. The fourth-order valence-electron chi connectivity index (χ4n) is 2.81. The summed E-state index contributed by atoms with van der Waals surface area (Å²) >= 11 is 0. The molecule has 0 saturated heterocycles. The average Bonchev–Trinajstić information content (AvgIpc) is 2.45. The van der Waals surface area contributed by atoms with Crippen LogP contribution in [-0.4, -0.2) is 12.6 Å². The van der Waals surface area contributed by atoms with Gasteiger partial charge in [-0.3, -0.25) is 0 Å². The van der Waals surface area contributed by atoms with Crippen LogP contribution in [0, 0.1) is 5.92 Å². The van der Waals surface area contributed by atoms with E-state index in [9.17, 15) is 0 Å². The summed E-state index contributed by atoms with van der Waals surface area (Å²) in [4.78, 5) is 0. The van der Waals surface area contributed by atoms with Crippen LogP contribution >= 0.6 is 0 Å². The highest BCUT2D eigenvalue weighted by Gasteiger charge is 2.18. The molecule has 1 aliphatic rings. The van der Waals surface area contributed by atoms with Gasteiger partial charge in [0, 0.05) is 12.6 Å². The third kappa shape index (κ3) is 4.30. The Hall–Kier alpha value is -1.08. The molecule has 1 aliphatic carbocycles. The smallest absolute Gasteiger partial charge is 0.0140 e. The summed E-state index contributed by atoms with van der Waals surface area (Å²) < 4.78 is 0. The van der Waals surface area contributed by atoms with Crippen molar-refractivity contribution in [1.29, 1.82) is 0 Å². The fraction of sp³-hybridized carbons (Fsp3) is 0.529. The van der Waals surface area contributed by atoms with Crippen molar-refractivity contribution in [2.75, 3.05) is 6.54 Å². The molecule has 98 valence electrons. The molecule has 0 heterocycles. The SMILES string of the molecule is C[C@@H](NC/C=C/c1ccccc1)C1CCCCC1. The number of nitrogens with one attached hydrogen (secondary N) is 1. The summed E-state index contributed by atoms with van der Waals surface area (Å²) in [5.74, 6) is 0.892. The lowest BCUT2D eigenvalue weighted by Gasteiger charge is -2.28. The van der Waals surface area contributed by atoms with Crippen LogP contribution in [0.4, 0.5) is 0 Å². The second-order valence-corrected chi connectivity index (χ2v) is 5.41. The molecule has 1 N–H and O–H groups in total. The molecule has 2 rings (SSSR count).